The predicted octanol–water partition coefficient (Wildman–Crippen LogP) is 2.30. The summed E-state index contributed by atoms with van der Waals surface area (Å²) in [5, 5.41) is 4.18. The molecule has 0 amide bonds. The predicted molar refractivity (Wildman–Crippen MR) is 58.4 cm³/mol. The van der Waals surface area contributed by atoms with Gasteiger partial charge in [-0.05, 0) is 31.5 Å². The van der Waals surface area contributed by atoms with Crippen LogP contribution < -0.4 is 0 Å². The molecule has 3 nitrogen and oxygen atoms in total. The van der Waals surface area contributed by atoms with Gasteiger partial charge in [-0.25, -0.2) is 4.68 Å². The molecule has 0 aliphatic rings. The van der Waals surface area contributed by atoms with Gasteiger partial charge in [-0.1, -0.05) is 12.1 Å². The van der Waals surface area contributed by atoms with Crippen LogP contribution in [0.2, 0.25) is 0 Å². The molecular weight excluding hydrogens is 188 g/mol. The van der Waals surface area contributed by atoms with E-state index < -0.39 is 0 Å². The number of aldehydes is 1. The summed E-state index contributed by atoms with van der Waals surface area (Å²) in [4.78, 5) is 10.7. The highest BCUT2D eigenvalue weighted by Gasteiger charge is 2.06. The minimum Gasteiger partial charge on any atom is -0.298 e. The number of carbonyl (C=O) groups excluding carboxylic acids is 1. The van der Waals surface area contributed by atoms with Gasteiger partial charge in [0.15, 0.2) is 6.29 Å². The van der Waals surface area contributed by atoms with Crippen LogP contribution in [-0.2, 0) is 0 Å². The number of aryl methyl sites for hydroxylation is 1. The molecule has 76 valence electrons. The van der Waals surface area contributed by atoms with Gasteiger partial charge in [0.25, 0.3) is 0 Å². The molecule has 0 fully saturated rings. The van der Waals surface area contributed by atoms with E-state index in [4.69, 9.17) is 0 Å². The number of hydrogen-bond donors (Lipinski definition) is 0. The number of benzene rings is 1. The lowest BCUT2D eigenvalue weighted by Crippen LogP contribution is -1.99. The molecule has 0 unspecified atom stereocenters. The standard InChI is InChI=1S/C12H12N2O/c1-9-4-3-5-12(6-9)14-10(2)11(8-15)7-13-14/h3-8H,1-2H3. The zero-order chi connectivity index (χ0) is 10.8. The molecule has 0 atom stereocenters. The summed E-state index contributed by atoms with van der Waals surface area (Å²) in [6.07, 6.45) is 2.42. The lowest BCUT2D eigenvalue weighted by molar-refractivity contribution is 0.112. The smallest absolute Gasteiger partial charge is 0.153 e. The Morgan fingerprint density at radius 3 is 2.73 bits per heavy atom. The summed E-state index contributed by atoms with van der Waals surface area (Å²) >= 11 is 0. The first-order valence-corrected chi connectivity index (χ1v) is 4.79. The third-order valence-corrected chi connectivity index (χ3v) is 2.42. The fraction of sp³-hybridized carbons (Fsp3) is 0.167. The maximum Gasteiger partial charge on any atom is 0.153 e. The Morgan fingerprint density at radius 2 is 2.13 bits per heavy atom. The molecule has 0 saturated carbocycles. The van der Waals surface area contributed by atoms with E-state index in [1.165, 1.54) is 5.56 Å². The first-order valence-electron chi connectivity index (χ1n) is 4.79. The quantitative estimate of drug-likeness (QED) is 0.697. The number of nitrogens with zero attached hydrogens (tertiary/aromatic N) is 2. The first kappa shape index (κ1) is 9.65. The van der Waals surface area contributed by atoms with E-state index in [9.17, 15) is 4.79 Å². The molecule has 2 aromatic rings. The molecule has 15 heavy (non-hydrogen) atoms. The fourth-order valence-electron chi connectivity index (χ4n) is 1.56. The van der Waals surface area contributed by atoms with Crippen LogP contribution >= 0.6 is 0 Å². The Bertz CT molecular complexity index is 500. The summed E-state index contributed by atoms with van der Waals surface area (Å²) in [7, 11) is 0. The summed E-state index contributed by atoms with van der Waals surface area (Å²) in [5.74, 6) is 0. The summed E-state index contributed by atoms with van der Waals surface area (Å²) in [6.45, 7) is 3.92. The largest absolute Gasteiger partial charge is 0.298 e. The average molecular weight is 200 g/mol. The minimum absolute atomic E-state index is 0.636. The highest BCUT2D eigenvalue weighted by molar-refractivity contribution is 5.76. The van der Waals surface area contributed by atoms with Gasteiger partial charge in [-0.15, -0.1) is 0 Å². The molecule has 0 spiro atoms. The zero-order valence-corrected chi connectivity index (χ0v) is 8.77. The second-order valence-corrected chi connectivity index (χ2v) is 3.55. The van der Waals surface area contributed by atoms with Crippen LogP contribution in [0.1, 0.15) is 21.6 Å². The van der Waals surface area contributed by atoms with Gasteiger partial charge in [-0.3, -0.25) is 4.79 Å². The normalized spacial score (nSPS) is 10.3. The van der Waals surface area contributed by atoms with Gasteiger partial charge in [0.05, 0.1) is 23.1 Å². The van der Waals surface area contributed by atoms with Crippen molar-refractivity contribution < 1.29 is 4.79 Å². The summed E-state index contributed by atoms with van der Waals surface area (Å²) in [5.41, 5.74) is 3.67. The molecule has 0 saturated heterocycles. The zero-order valence-electron chi connectivity index (χ0n) is 8.77. The molecule has 0 N–H and O–H groups in total. The van der Waals surface area contributed by atoms with Crippen molar-refractivity contribution in [3.8, 4) is 5.69 Å². The number of rotatable bonds is 2. The number of aromatic nitrogens is 2. The topological polar surface area (TPSA) is 34.9 Å². The van der Waals surface area contributed by atoms with Crippen molar-refractivity contribution in [2.75, 3.05) is 0 Å². The van der Waals surface area contributed by atoms with Crippen molar-refractivity contribution in [1.82, 2.24) is 9.78 Å². The van der Waals surface area contributed by atoms with Gasteiger partial charge in [0, 0.05) is 0 Å². The molecule has 1 aromatic carbocycles. The maximum absolute atomic E-state index is 10.7. The third kappa shape index (κ3) is 1.68. The van der Waals surface area contributed by atoms with Gasteiger partial charge >= 0.3 is 0 Å². The lowest BCUT2D eigenvalue weighted by atomic mass is 10.2. The molecule has 1 aromatic heterocycles. The molecule has 3 heteroatoms. The molecule has 0 radical (unpaired) electrons. The summed E-state index contributed by atoms with van der Waals surface area (Å²) in [6, 6.07) is 8.02. The van der Waals surface area contributed by atoms with Crippen molar-refractivity contribution in [3.05, 3.63) is 47.3 Å². The molecule has 1 heterocycles. The van der Waals surface area contributed by atoms with E-state index in [-0.39, 0.29) is 0 Å². The SMILES string of the molecule is Cc1cccc(-n2ncc(C=O)c2C)c1. The van der Waals surface area contributed by atoms with Crippen LogP contribution in [0, 0.1) is 13.8 Å². The van der Waals surface area contributed by atoms with Gasteiger partial charge in [0.1, 0.15) is 0 Å². The van der Waals surface area contributed by atoms with Crippen LogP contribution in [-0.4, -0.2) is 16.1 Å². The van der Waals surface area contributed by atoms with Crippen molar-refractivity contribution in [1.29, 1.82) is 0 Å². The van der Waals surface area contributed by atoms with E-state index in [1.807, 2.05) is 38.1 Å². The molecule has 0 aliphatic heterocycles. The van der Waals surface area contributed by atoms with Crippen LogP contribution in [0.15, 0.2) is 30.5 Å². The molecular formula is C12H12N2O. The monoisotopic (exact) mass is 200 g/mol. The Morgan fingerprint density at radius 1 is 1.33 bits per heavy atom. The Labute approximate surface area is 88.4 Å². The molecule has 0 aliphatic carbocycles. The van der Waals surface area contributed by atoms with Crippen molar-refractivity contribution in [3.63, 3.8) is 0 Å². The Balaban J connectivity index is 2.54. The highest BCUT2D eigenvalue weighted by atomic mass is 16.1. The first-order chi connectivity index (χ1) is 7.22. The Hall–Kier alpha value is -1.90. The average Bonchev–Trinajstić information content (AvgIpc) is 2.59. The Kier molecular flexibility index (Phi) is 2.37. The third-order valence-electron chi connectivity index (χ3n) is 2.42. The van der Waals surface area contributed by atoms with Crippen LogP contribution in [0.3, 0.4) is 0 Å². The molecule has 0 bridgehead atoms. The van der Waals surface area contributed by atoms with E-state index >= 15 is 0 Å². The summed E-state index contributed by atoms with van der Waals surface area (Å²) < 4.78 is 1.77. The lowest BCUT2D eigenvalue weighted by Gasteiger charge is -2.04. The van der Waals surface area contributed by atoms with Crippen molar-refractivity contribution in [2.24, 2.45) is 0 Å². The second kappa shape index (κ2) is 3.69. The van der Waals surface area contributed by atoms with Crippen molar-refractivity contribution in [2.45, 2.75) is 13.8 Å². The van der Waals surface area contributed by atoms with Gasteiger partial charge < -0.3 is 0 Å². The number of hydrogen-bond acceptors (Lipinski definition) is 2. The van der Waals surface area contributed by atoms with E-state index in [2.05, 4.69) is 5.10 Å². The highest BCUT2D eigenvalue weighted by Crippen LogP contribution is 2.13. The fourth-order valence-corrected chi connectivity index (χ4v) is 1.56. The van der Waals surface area contributed by atoms with Crippen LogP contribution in [0.25, 0.3) is 5.69 Å². The van der Waals surface area contributed by atoms with Crippen LogP contribution in [0.4, 0.5) is 0 Å². The van der Waals surface area contributed by atoms with Gasteiger partial charge in [0.2, 0.25) is 0 Å². The van der Waals surface area contributed by atoms with E-state index in [0.717, 1.165) is 17.7 Å². The number of carbonyl (C=O) groups is 1. The minimum atomic E-state index is 0.636. The van der Waals surface area contributed by atoms with Crippen molar-refractivity contribution >= 4 is 6.29 Å². The van der Waals surface area contributed by atoms with E-state index in [0.29, 0.717) is 5.56 Å². The second-order valence-electron chi connectivity index (χ2n) is 3.55. The molecule has 2 rings (SSSR count). The maximum atomic E-state index is 10.7. The van der Waals surface area contributed by atoms with Gasteiger partial charge in [-0.2, -0.15) is 5.10 Å². The van der Waals surface area contributed by atoms with E-state index in [1.54, 1.807) is 10.9 Å². The van der Waals surface area contributed by atoms with Crippen LogP contribution in [0.5, 0.6) is 0 Å².